The number of carboxylic acid groups (broad SMARTS) is 1. The number of morpholine rings is 1. The van der Waals surface area contributed by atoms with Crippen molar-refractivity contribution in [2.75, 3.05) is 37.8 Å². The van der Waals surface area contributed by atoms with Crippen molar-refractivity contribution in [1.82, 2.24) is 4.98 Å². The first-order valence-corrected chi connectivity index (χ1v) is 9.55. The number of anilines is 1. The summed E-state index contributed by atoms with van der Waals surface area (Å²) in [7, 11) is 0. The summed E-state index contributed by atoms with van der Waals surface area (Å²) in [5.41, 5.74) is 0.892. The standard InChI is InChI=1S/C18H20F2N2O4S/c19-13-5-4-12(17(16(13)20)26-8-2-1-3-15(23)24)14-11-27-18(21-14)22-6-9-25-10-7-22/h4-5,11H,1-3,6-10H2,(H,23,24). The van der Waals surface area contributed by atoms with Gasteiger partial charge in [-0.15, -0.1) is 11.3 Å². The molecule has 1 saturated heterocycles. The van der Waals surface area contributed by atoms with Gasteiger partial charge in [0.05, 0.1) is 25.5 Å². The highest BCUT2D eigenvalue weighted by molar-refractivity contribution is 7.14. The summed E-state index contributed by atoms with van der Waals surface area (Å²) in [6.45, 7) is 2.83. The van der Waals surface area contributed by atoms with Gasteiger partial charge in [-0.3, -0.25) is 4.79 Å². The van der Waals surface area contributed by atoms with Crippen LogP contribution < -0.4 is 9.64 Å². The molecule has 1 N–H and O–H groups in total. The predicted molar refractivity (Wildman–Crippen MR) is 97.5 cm³/mol. The molecule has 3 rings (SSSR count). The van der Waals surface area contributed by atoms with E-state index in [0.29, 0.717) is 37.3 Å². The summed E-state index contributed by atoms with van der Waals surface area (Å²) in [4.78, 5) is 17.2. The molecule has 2 aromatic rings. The summed E-state index contributed by atoms with van der Waals surface area (Å²) in [6.07, 6.45) is 0.841. The van der Waals surface area contributed by atoms with Crippen LogP contribution in [0.25, 0.3) is 11.3 Å². The van der Waals surface area contributed by atoms with Gasteiger partial charge < -0.3 is 19.5 Å². The Balaban J connectivity index is 1.75. The van der Waals surface area contributed by atoms with Gasteiger partial charge in [0.25, 0.3) is 0 Å². The Hall–Kier alpha value is -2.26. The summed E-state index contributed by atoms with van der Waals surface area (Å²) in [5, 5.41) is 11.2. The van der Waals surface area contributed by atoms with E-state index in [2.05, 4.69) is 9.88 Å². The number of carboxylic acids is 1. The first-order chi connectivity index (χ1) is 13.1. The largest absolute Gasteiger partial charge is 0.490 e. The molecule has 1 aliphatic heterocycles. The van der Waals surface area contributed by atoms with Crippen molar-refractivity contribution >= 4 is 22.4 Å². The molecule has 6 nitrogen and oxygen atoms in total. The van der Waals surface area contributed by atoms with Crippen molar-refractivity contribution in [3.8, 4) is 17.0 Å². The number of benzene rings is 1. The van der Waals surface area contributed by atoms with Gasteiger partial charge in [0.1, 0.15) is 0 Å². The highest BCUT2D eigenvalue weighted by atomic mass is 32.1. The van der Waals surface area contributed by atoms with Crippen molar-refractivity contribution < 1.29 is 28.2 Å². The molecule has 27 heavy (non-hydrogen) atoms. The Kier molecular flexibility index (Phi) is 6.57. The normalized spacial score (nSPS) is 14.4. The Bertz CT molecular complexity index is 794. The van der Waals surface area contributed by atoms with Gasteiger partial charge in [-0.1, -0.05) is 0 Å². The maximum absolute atomic E-state index is 14.3. The van der Waals surface area contributed by atoms with Crippen LogP contribution in [-0.2, 0) is 9.53 Å². The summed E-state index contributed by atoms with van der Waals surface area (Å²) in [6, 6.07) is 2.50. The van der Waals surface area contributed by atoms with Gasteiger partial charge in [0.15, 0.2) is 16.7 Å². The number of rotatable bonds is 8. The fourth-order valence-electron chi connectivity index (χ4n) is 2.72. The predicted octanol–water partition coefficient (Wildman–Crippen LogP) is 3.56. The van der Waals surface area contributed by atoms with Gasteiger partial charge in [0.2, 0.25) is 5.82 Å². The SMILES string of the molecule is O=C(O)CCCCOc1c(-c2csc(N3CCOCC3)n2)ccc(F)c1F. The maximum Gasteiger partial charge on any atom is 0.303 e. The van der Waals surface area contributed by atoms with Crippen LogP contribution in [0.5, 0.6) is 5.75 Å². The topological polar surface area (TPSA) is 71.9 Å². The van der Waals surface area contributed by atoms with Crippen LogP contribution in [0, 0.1) is 11.6 Å². The minimum Gasteiger partial charge on any atom is -0.490 e. The van der Waals surface area contributed by atoms with E-state index in [9.17, 15) is 13.6 Å². The average Bonchev–Trinajstić information content (AvgIpc) is 3.15. The monoisotopic (exact) mass is 398 g/mol. The van der Waals surface area contributed by atoms with E-state index in [1.807, 2.05) is 0 Å². The van der Waals surface area contributed by atoms with Crippen molar-refractivity contribution in [1.29, 1.82) is 0 Å². The van der Waals surface area contributed by atoms with Crippen LogP contribution in [0.2, 0.25) is 0 Å². The first kappa shape index (κ1) is 19.5. The third-order valence-electron chi connectivity index (χ3n) is 4.13. The number of thiazole rings is 1. The summed E-state index contributed by atoms with van der Waals surface area (Å²) >= 11 is 1.43. The van der Waals surface area contributed by atoms with Crippen molar-refractivity contribution in [3.05, 3.63) is 29.1 Å². The number of hydrogen-bond acceptors (Lipinski definition) is 6. The van der Waals surface area contributed by atoms with Crippen LogP contribution in [-0.4, -0.2) is 49.0 Å². The third-order valence-corrected chi connectivity index (χ3v) is 5.03. The number of halogens is 2. The van der Waals surface area contributed by atoms with E-state index in [1.165, 1.54) is 17.4 Å². The van der Waals surface area contributed by atoms with Crippen molar-refractivity contribution in [2.45, 2.75) is 19.3 Å². The van der Waals surface area contributed by atoms with Crippen LogP contribution in [0.15, 0.2) is 17.5 Å². The van der Waals surface area contributed by atoms with Crippen LogP contribution in [0.1, 0.15) is 19.3 Å². The second-order valence-corrected chi connectivity index (χ2v) is 6.89. The molecule has 0 saturated carbocycles. The second-order valence-electron chi connectivity index (χ2n) is 6.05. The molecule has 0 spiro atoms. The number of nitrogens with zero attached hydrogens (tertiary/aromatic N) is 2. The molecule has 0 amide bonds. The number of unbranched alkanes of at least 4 members (excludes halogenated alkanes) is 1. The Morgan fingerprint density at radius 1 is 1.30 bits per heavy atom. The molecule has 0 aliphatic carbocycles. The van der Waals surface area contributed by atoms with Crippen LogP contribution >= 0.6 is 11.3 Å². The quantitative estimate of drug-likeness (QED) is 0.686. The zero-order chi connectivity index (χ0) is 19.2. The number of ether oxygens (including phenoxy) is 2. The lowest BCUT2D eigenvalue weighted by molar-refractivity contribution is -0.137. The molecule has 146 valence electrons. The average molecular weight is 398 g/mol. The Morgan fingerprint density at radius 3 is 2.81 bits per heavy atom. The molecule has 1 aliphatic rings. The zero-order valence-electron chi connectivity index (χ0n) is 14.6. The second kappa shape index (κ2) is 9.09. The van der Waals surface area contributed by atoms with E-state index in [4.69, 9.17) is 14.6 Å². The molecular weight excluding hydrogens is 378 g/mol. The van der Waals surface area contributed by atoms with E-state index in [0.717, 1.165) is 24.3 Å². The van der Waals surface area contributed by atoms with Gasteiger partial charge >= 0.3 is 5.97 Å². The highest BCUT2D eigenvalue weighted by Crippen LogP contribution is 2.36. The minimum absolute atomic E-state index is 0.0108. The van der Waals surface area contributed by atoms with E-state index < -0.39 is 17.6 Å². The molecule has 2 heterocycles. The summed E-state index contributed by atoms with van der Waals surface area (Å²) in [5.74, 6) is -3.15. The third kappa shape index (κ3) is 4.92. The Morgan fingerprint density at radius 2 is 2.07 bits per heavy atom. The molecule has 0 atom stereocenters. The lowest BCUT2D eigenvalue weighted by atomic mass is 10.1. The van der Waals surface area contributed by atoms with Crippen LogP contribution in [0.3, 0.4) is 0 Å². The number of aliphatic carboxylic acids is 1. The number of aromatic nitrogens is 1. The number of carbonyl (C=O) groups is 1. The van der Waals surface area contributed by atoms with E-state index in [1.54, 1.807) is 5.38 Å². The highest BCUT2D eigenvalue weighted by Gasteiger charge is 2.20. The molecule has 1 fully saturated rings. The van der Waals surface area contributed by atoms with Gasteiger partial charge in [0, 0.05) is 30.5 Å². The number of hydrogen-bond donors (Lipinski definition) is 1. The maximum atomic E-state index is 14.3. The fourth-order valence-corrected chi connectivity index (χ4v) is 3.59. The van der Waals surface area contributed by atoms with E-state index in [-0.39, 0.29) is 18.8 Å². The Labute approximate surface area is 159 Å². The molecule has 0 bridgehead atoms. The van der Waals surface area contributed by atoms with E-state index >= 15 is 0 Å². The van der Waals surface area contributed by atoms with Crippen LogP contribution in [0.4, 0.5) is 13.9 Å². The summed E-state index contributed by atoms with van der Waals surface area (Å²) < 4.78 is 38.8. The van der Waals surface area contributed by atoms with Crippen molar-refractivity contribution in [3.63, 3.8) is 0 Å². The molecule has 0 unspecified atom stereocenters. The molecule has 9 heteroatoms. The first-order valence-electron chi connectivity index (χ1n) is 8.67. The van der Waals surface area contributed by atoms with Gasteiger partial charge in [-0.05, 0) is 25.0 Å². The van der Waals surface area contributed by atoms with Crippen molar-refractivity contribution in [2.24, 2.45) is 0 Å². The minimum atomic E-state index is -1.06. The fraction of sp³-hybridized carbons (Fsp3) is 0.444. The van der Waals surface area contributed by atoms with Gasteiger partial charge in [-0.2, -0.15) is 4.39 Å². The molecular formula is C18H20F2N2O4S. The van der Waals surface area contributed by atoms with Gasteiger partial charge in [-0.25, -0.2) is 9.37 Å². The zero-order valence-corrected chi connectivity index (χ0v) is 15.4. The lowest BCUT2D eigenvalue weighted by Crippen LogP contribution is -2.36. The molecule has 1 aromatic heterocycles. The lowest BCUT2D eigenvalue weighted by Gasteiger charge is -2.26. The smallest absolute Gasteiger partial charge is 0.303 e. The molecule has 1 aromatic carbocycles. The molecule has 0 radical (unpaired) electrons.